The molecule has 0 aliphatic heterocycles. The molecule has 0 aromatic heterocycles. The van der Waals surface area contributed by atoms with E-state index < -0.39 is 0 Å². The lowest BCUT2D eigenvalue weighted by molar-refractivity contribution is 0.411. The van der Waals surface area contributed by atoms with Crippen LogP contribution in [0.3, 0.4) is 0 Å². The molecule has 1 aromatic rings. The maximum Gasteiger partial charge on any atom is 0.136 e. The first kappa shape index (κ1) is 13.9. The molecular formula is C16H22N2O. The first-order chi connectivity index (χ1) is 9.33. The average Bonchev–Trinajstić information content (AvgIpc) is 2.73. The van der Waals surface area contributed by atoms with Gasteiger partial charge in [0.15, 0.2) is 0 Å². The number of hydrogen-bond donors (Lipinski definition) is 1. The molecule has 0 amide bonds. The minimum atomic E-state index is 0.598. The summed E-state index contributed by atoms with van der Waals surface area (Å²) in [6, 6.07) is 8.59. The zero-order valence-corrected chi connectivity index (χ0v) is 11.6. The van der Waals surface area contributed by atoms with Crippen LogP contribution < -0.4 is 10.1 Å². The zero-order valence-electron chi connectivity index (χ0n) is 11.6. The van der Waals surface area contributed by atoms with Crippen LogP contribution >= 0.6 is 0 Å². The number of nitrogens with zero attached hydrogens (tertiary/aromatic N) is 1. The summed E-state index contributed by atoms with van der Waals surface area (Å²) in [4.78, 5) is 0. The average molecular weight is 258 g/mol. The number of nitriles is 1. The van der Waals surface area contributed by atoms with Gasteiger partial charge in [-0.25, -0.2) is 0 Å². The summed E-state index contributed by atoms with van der Waals surface area (Å²) < 4.78 is 5.24. The predicted molar refractivity (Wildman–Crippen MR) is 76.0 cm³/mol. The van der Waals surface area contributed by atoms with Gasteiger partial charge in [-0.05, 0) is 30.5 Å². The van der Waals surface area contributed by atoms with E-state index >= 15 is 0 Å². The van der Waals surface area contributed by atoms with E-state index in [1.54, 1.807) is 7.11 Å². The Hall–Kier alpha value is -1.53. The number of methoxy groups -OCH3 is 1. The SMILES string of the molecule is COc1cc(CNC2CCCCCC2)ccc1C#N. The lowest BCUT2D eigenvalue weighted by Crippen LogP contribution is -2.27. The van der Waals surface area contributed by atoms with E-state index in [0.717, 1.165) is 6.54 Å². The molecule has 0 atom stereocenters. The minimum Gasteiger partial charge on any atom is -0.495 e. The van der Waals surface area contributed by atoms with Crippen molar-refractivity contribution < 1.29 is 4.74 Å². The van der Waals surface area contributed by atoms with Crippen molar-refractivity contribution in [2.45, 2.75) is 51.1 Å². The number of ether oxygens (including phenoxy) is 1. The third-order valence-corrected chi connectivity index (χ3v) is 3.84. The summed E-state index contributed by atoms with van der Waals surface area (Å²) >= 11 is 0. The van der Waals surface area contributed by atoms with Crippen molar-refractivity contribution in [1.29, 1.82) is 5.26 Å². The predicted octanol–water partition coefficient (Wildman–Crippen LogP) is 3.38. The Morgan fingerprint density at radius 3 is 2.63 bits per heavy atom. The third-order valence-electron chi connectivity index (χ3n) is 3.84. The Morgan fingerprint density at radius 2 is 2.00 bits per heavy atom. The van der Waals surface area contributed by atoms with Gasteiger partial charge in [0.25, 0.3) is 0 Å². The normalized spacial score (nSPS) is 16.6. The quantitative estimate of drug-likeness (QED) is 0.842. The maximum atomic E-state index is 8.96. The van der Waals surface area contributed by atoms with E-state index in [2.05, 4.69) is 11.4 Å². The second-order valence-corrected chi connectivity index (χ2v) is 5.22. The lowest BCUT2D eigenvalue weighted by atomic mass is 10.1. The van der Waals surface area contributed by atoms with Crippen LogP contribution in [0.5, 0.6) is 5.75 Å². The van der Waals surface area contributed by atoms with Gasteiger partial charge in [0.05, 0.1) is 12.7 Å². The summed E-state index contributed by atoms with van der Waals surface area (Å²) in [6.45, 7) is 0.854. The molecule has 1 N–H and O–H groups in total. The number of nitrogens with one attached hydrogen (secondary N) is 1. The monoisotopic (exact) mass is 258 g/mol. The molecule has 0 saturated heterocycles. The molecule has 1 aromatic carbocycles. The van der Waals surface area contributed by atoms with E-state index in [0.29, 0.717) is 17.4 Å². The Labute approximate surface area is 115 Å². The van der Waals surface area contributed by atoms with Crippen LogP contribution in [0, 0.1) is 11.3 Å². The van der Waals surface area contributed by atoms with E-state index in [-0.39, 0.29) is 0 Å². The second-order valence-electron chi connectivity index (χ2n) is 5.22. The topological polar surface area (TPSA) is 45.0 Å². The molecule has 1 aliphatic rings. The number of benzene rings is 1. The molecule has 102 valence electrons. The molecule has 0 heterocycles. The highest BCUT2D eigenvalue weighted by Crippen LogP contribution is 2.21. The fraction of sp³-hybridized carbons (Fsp3) is 0.562. The smallest absolute Gasteiger partial charge is 0.136 e. The third kappa shape index (κ3) is 3.97. The van der Waals surface area contributed by atoms with Crippen molar-refractivity contribution in [3.05, 3.63) is 29.3 Å². The lowest BCUT2D eigenvalue weighted by Gasteiger charge is -2.16. The minimum absolute atomic E-state index is 0.598. The molecule has 1 saturated carbocycles. The Balaban J connectivity index is 1.93. The van der Waals surface area contributed by atoms with Gasteiger partial charge >= 0.3 is 0 Å². The highest BCUT2D eigenvalue weighted by molar-refractivity contribution is 5.45. The van der Waals surface area contributed by atoms with Gasteiger partial charge in [-0.1, -0.05) is 31.7 Å². The van der Waals surface area contributed by atoms with Gasteiger partial charge in [0.1, 0.15) is 11.8 Å². The zero-order chi connectivity index (χ0) is 13.5. The van der Waals surface area contributed by atoms with E-state index in [1.807, 2.05) is 18.2 Å². The summed E-state index contributed by atoms with van der Waals surface area (Å²) in [5.74, 6) is 0.669. The first-order valence-corrected chi connectivity index (χ1v) is 7.14. The molecular weight excluding hydrogens is 236 g/mol. The Bertz CT molecular complexity index is 443. The van der Waals surface area contributed by atoms with Crippen LogP contribution in [0.15, 0.2) is 18.2 Å². The Kier molecular flexibility index (Phi) is 5.23. The van der Waals surface area contributed by atoms with E-state index in [4.69, 9.17) is 10.00 Å². The van der Waals surface area contributed by atoms with Crippen molar-refractivity contribution in [2.24, 2.45) is 0 Å². The number of hydrogen-bond acceptors (Lipinski definition) is 3. The fourth-order valence-electron chi connectivity index (χ4n) is 2.68. The molecule has 19 heavy (non-hydrogen) atoms. The maximum absolute atomic E-state index is 8.96. The van der Waals surface area contributed by atoms with Crippen LogP contribution in [0.2, 0.25) is 0 Å². The molecule has 2 rings (SSSR count). The summed E-state index contributed by atoms with van der Waals surface area (Å²) in [5, 5.41) is 12.6. The van der Waals surface area contributed by atoms with Crippen molar-refractivity contribution in [1.82, 2.24) is 5.32 Å². The van der Waals surface area contributed by atoms with Crippen LogP contribution in [0.25, 0.3) is 0 Å². The highest BCUT2D eigenvalue weighted by atomic mass is 16.5. The molecule has 0 spiro atoms. The summed E-state index contributed by atoms with van der Waals surface area (Å²) in [6.07, 6.45) is 8.01. The van der Waals surface area contributed by atoms with Gasteiger partial charge in [-0.15, -0.1) is 0 Å². The Morgan fingerprint density at radius 1 is 1.26 bits per heavy atom. The van der Waals surface area contributed by atoms with E-state index in [1.165, 1.54) is 44.1 Å². The second kappa shape index (κ2) is 7.16. The van der Waals surface area contributed by atoms with Crippen molar-refractivity contribution >= 4 is 0 Å². The molecule has 0 unspecified atom stereocenters. The van der Waals surface area contributed by atoms with Gasteiger partial charge < -0.3 is 10.1 Å². The fourth-order valence-corrected chi connectivity index (χ4v) is 2.68. The van der Waals surface area contributed by atoms with E-state index in [9.17, 15) is 0 Å². The van der Waals surface area contributed by atoms with Gasteiger partial charge in [-0.3, -0.25) is 0 Å². The van der Waals surface area contributed by atoms with Gasteiger partial charge in [0.2, 0.25) is 0 Å². The largest absolute Gasteiger partial charge is 0.495 e. The first-order valence-electron chi connectivity index (χ1n) is 7.14. The molecule has 1 fully saturated rings. The highest BCUT2D eigenvalue weighted by Gasteiger charge is 2.11. The number of rotatable bonds is 4. The van der Waals surface area contributed by atoms with Gasteiger partial charge in [0, 0.05) is 12.6 Å². The van der Waals surface area contributed by atoms with Crippen LogP contribution in [-0.2, 0) is 6.54 Å². The standard InChI is InChI=1S/C16H22N2O/c1-19-16-10-13(8-9-14(16)11-17)12-18-15-6-4-2-3-5-7-15/h8-10,15,18H,2-7,12H2,1H3. The van der Waals surface area contributed by atoms with Crippen LogP contribution in [0.1, 0.15) is 49.7 Å². The molecule has 1 aliphatic carbocycles. The van der Waals surface area contributed by atoms with Crippen molar-refractivity contribution in [3.8, 4) is 11.8 Å². The molecule has 3 nitrogen and oxygen atoms in total. The summed E-state index contributed by atoms with van der Waals surface area (Å²) in [7, 11) is 1.61. The van der Waals surface area contributed by atoms with Gasteiger partial charge in [-0.2, -0.15) is 5.26 Å². The summed E-state index contributed by atoms with van der Waals surface area (Å²) in [5.41, 5.74) is 1.78. The van der Waals surface area contributed by atoms with Crippen LogP contribution in [0.4, 0.5) is 0 Å². The van der Waals surface area contributed by atoms with Crippen LogP contribution in [-0.4, -0.2) is 13.2 Å². The van der Waals surface area contributed by atoms with Crippen molar-refractivity contribution in [3.63, 3.8) is 0 Å². The molecule has 3 heteroatoms. The molecule has 0 bridgehead atoms. The van der Waals surface area contributed by atoms with Crippen molar-refractivity contribution in [2.75, 3.05) is 7.11 Å². The molecule has 0 radical (unpaired) electrons.